The van der Waals surface area contributed by atoms with Crippen LogP contribution < -0.4 is 5.32 Å². The van der Waals surface area contributed by atoms with Crippen LogP contribution in [-0.4, -0.2) is 38.1 Å². The van der Waals surface area contributed by atoms with Gasteiger partial charge in [0.05, 0.1) is 21.5 Å². The highest BCUT2D eigenvalue weighted by Gasteiger charge is 2.32. The average molecular weight is 437 g/mol. The molecule has 1 unspecified atom stereocenters. The number of anilines is 1. The standard InChI is InChI=1S/C21H22F3N3O2S/c1-27-10-3-2-7-20(27)26-15-5-4-6-16(12-15)30(28,29)19-13-25-18-9-8-14(11-17(18)19)21(22,23)24/h4-6,8-9,11-13,20,25-26H,2-3,7,10H2,1H3. The van der Waals surface area contributed by atoms with Gasteiger partial charge in [0.15, 0.2) is 0 Å². The summed E-state index contributed by atoms with van der Waals surface area (Å²) in [7, 11) is -2.00. The zero-order chi connectivity index (χ0) is 21.5. The normalized spacial score (nSPS) is 18.6. The van der Waals surface area contributed by atoms with Gasteiger partial charge < -0.3 is 10.3 Å². The fourth-order valence-electron chi connectivity index (χ4n) is 3.82. The number of hydrogen-bond donors (Lipinski definition) is 2. The molecule has 9 heteroatoms. The van der Waals surface area contributed by atoms with E-state index >= 15 is 0 Å². The van der Waals surface area contributed by atoms with Crippen LogP contribution in [0.3, 0.4) is 0 Å². The first-order valence-corrected chi connectivity index (χ1v) is 11.1. The third-order valence-corrected chi connectivity index (χ3v) is 7.30. The van der Waals surface area contributed by atoms with Crippen molar-refractivity contribution in [3.8, 4) is 0 Å². The summed E-state index contributed by atoms with van der Waals surface area (Å²) >= 11 is 0. The molecule has 1 aromatic heterocycles. The summed E-state index contributed by atoms with van der Waals surface area (Å²) in [4.78, 5) is 4.80. The van der Waals surface area contributed by atoms with Crippen LogP contribution in [0.1, 0.15) is 24.8 Å². The summed E-state index contributed by atoms with van der Waals surface area (Å²) < 4.78 is 65.8. The van der Waals surface area contributed by atoms with Gasteiger partial charge in [-0.2, -0.15) is 13.2 Å². The van der Waals surface area contributed by atoms with E-state index in [0.717, 1.165) is 37.9 Å². The molecule has 1 aliphatic rings. The Bertz CT molecular complexity index is 1170. The Kier molecular flexibility index (Phi) is 5.27. The number of sulfone groups is 1. The number of benzene rings is 2. The summed E-state index contributed by atoms with van der Waals surface area (Å²) in [6, 6.07) is 9.46. The third kappa shape index (κ3) is 3.91. The van der Waals surface area contributed by atoms with Crippen molar-refractivity contribution in [3.05, 3.63) is 54.2 Å². The van der Waals surface area contributed by atoms with Gasteiger partial charge in [-0.15, -0.1) is 0 Å². The molecule has 0 amide bonds. The maximum Gasteiger partial charge on any atom is 0.416 e. The van der Waals surface area contributed by atoms with E-state index in [1.165, 1.54) is 24.4 Å². The van der Waals surface area contributed by atoms with Crippen molar-refractivity contribution in [2.45, 2.75) is 41.4 Å². The molecule has 30 heavy (non-hydrogen) atoms. The number of fused-ring (bicyclic) bond motifs is 1. The second kappa shape index (κ2) is 7.63. The van der Waals surface area contributed by atoms with Gasteiger partial charge >= 0.3 is 6.18 Å². The van der Waals surface area contributed by atoms with E-state index in [1.807, 2.05) is 7.05 Å². The van der Waals surface area contributed by atoms with E-state index in [2.05, 4.69) is 15.2 Å². The maximum absolute atomic E-state index is 13.2. The summed E-state index contributed by atoms with van der Waals surface area (Å²) in [5, 5.41) is 3.38. The number of halogens is 3. The van der Waals surface area contributed by atoms with Crippen molar-refractivity contribution in [3.63, 3.8) is 0 Å². The largest absolute Gasteiger partial charge is 0.416 e. The molecule has 5 nitrogen and oxygen atoms in total. The fourth-order valence-corrected chi connectivity index (χ4v) is 5.29. The van der Waals surface area contributed by atoms with Gasteiger partial charge in [-0.25, -0.2) is 8.42 Å². The van der Waals surface area contributed by atoms with Crippen LogP contribution in [0.15, 0.2) is 58.5 Å². The van der Waals surface area contributed by atoms with Crippen LogP contribution >= 0.6 is 0 Å². The van der Waals surface area contributed by atoms with Crippen molar-refractivity contribution in [1.82, 2.24) is 9.88 Å². The number of likely N-dealkylation sites (tertiary alicyclic amines) is 1. The molecule has 4 rings (SSSR count). The lowest BCUT2D eigenvalue weighted by atomic mass is 10.1. The summed E-state index contributed by atoms with van der Waals surface area (Å²) in [5.41, 5.74) is 0.104. The molecule has 1 fully saturated rings. The Morgan fingerprint density at radius 2 is 1.93 bits per heavy atom. The Labute approximate surface area is 172 Å². The Morgan fingerprint density at radius 3 is 2.67 bits per heavy atom. The highest BCUT2D eigenvalue weighted by Crippen LogP contribution is 2.35. The average Bonchev–Trinajstić information content (AvgIpc) is 3.13. The molecule has 1 atom stereocenters. The first kappa shape index (κ1) is 20.7. The Hall–Kier alpha value is -2.52. The van der Waals surface area contributed by atoms with Gasteiger partial charge in [-0.3, -0.25) is 4.90 Å². The first-order chi connectivity index (χ1) is 14.2. The monoisotopic (exact) mass is 437 g/mol. The summed E-state index contributed by atoms with van der Waals surface area (Å²) in [6.45, 7) is 0.965. The van der Waals surface area contributed by atoms with Gasteiger partial charge in [0.2, 0.25) is 9.84 Å². The predicted molar refractivity (Wildman–Crippen MR) is 109 cm³/mol. The van der Waals surface area contributed by atoms with Crippen LogP contribution in [0.25, 0.3) is 10.9 Å². The molecule has 3 aromatic rings. The minimum absolute atomic E-state index is 0.0233. The minimum Gasteiger partial charge on any atom is -0.370 e. The van der Waals surface area contributed by atoms with Crippen LogP contribution in [0.4, 0.5) is 18.9 Å². The number of piperidine rings is 1. The van der Waals surface area contributed by atoms with Gasteiger partial charge in [-0.05, 0) is 69.3 Å². The quantitative estimate of drug-likeness (QED) is 0.611. The molecular formula is C21H22F3N3O2S. The second-order valence-corrected chi connectivity index (χ2v) is 9.50. The molecule has 2 heterocycles. The Morgan fingerprint density at radius 1 is 1.13 bits per heavy atom. The molecule has 0 radical (unpaired) electrons. The van der Waals surface area contributed by atoms with E-state index in [4.69, 9.17) is 0 Å². The third-order valence-electron chi connectivity index (χ3n) is 5.51. The van der Waals surface area contributed by atoms with Gasteiger partial charge in [0.25, 0.3) is 0 Å². The Balaban J connectivity index is 1.70. The molecule has 0 spiro atoms. The first-order valence-electron chi connectivity index (χ1n) is 9.66. The summed E-state index contributed by atoms with van der Waals surface area (Å²) in [5.74, 6) is 0. The van der Waals surface area contributed by atoms with Crippen molar-refractivity contribution >= 4 is 26.4 Å². The molecule has 1 saturated heterocycles. The zero-order valence-electron chi connectivity index (χ0n) is 16.3. The second-order valence-electron chi connectivity index (χ2n) is 7.58. The van der Waals surface area contributed by atoms with E-state index in [9.17, 15) is 21.6 Å². The molecule has 2 N–H and O–H groups in total. The number of hydrogen-bond acceptors (Lipinski definition) is 4. The minimum atomic E-state index is -4.55. The van der Waals surface area contributed by atoms with Crippen LogP contribution in [0, 0.1) is 0 Å². The lowest BCUT2D eigenvalue weighted by Gasteiger charge is -2.33. The highest BCUT2D eigenvalue weighted by molar-refractivity contribution is 7.91. The number of aromatic amines is 1. The number of aromatic nitrogens is 1. The predicted octanol–water partition coefficient (Wildman–Crippen LogP) is 4.87. The summed E-state index contributed by atoms with van der Waals surface area (Å²) in [6.07, 6.45) is -0.0205. The van der Waals surface area contributed by atoms with E-state index in [1.54, 1.807) is 12.1 Å². The molecule has 0 aliphatic carbocycles. The van der Waals surface area contributed by atoms with Crippen LogP contribution in [0.5, 0.6) is 0 Å². The van der Waals surface area contributed by atoms with Crippen molar-refractivity contribution in [2.24, 2.45) is 0 Å². The topological polar surface area (TPSA) is 65.2 Å². The van der Waals surface area contributed by atoms with E-state index in [-0.39, 0.29) is 21.3 Å². The number of nitrogens with one attached hydrogen (secondary N) is 2. The van der Waals surface area contributed by atoms with Gasteiger partial charge in [0.1, 0.15) is 0 Å². The van der Waals surface area contributed by atoms with Crippen LogP contribution in [-0.2, 0) is 16.0 Å². The van der Waals surface area contributed by atoms with Gasteiger partial charge in [-0.1, -0.05) is 6.07 Å². The fraction of sp³-hybridized carbons (Fsp3) is 0.333. The lowest BCUT2D eigenvalue weighted by molar-refractivity contribution is -0.137. The lowest BCUT2D eigenvalue weighted by Crippen LogP contribution is -2.41. The SMILES string of the molecule is CN1CCCCC1Nc1cccc(S(=O)(=O)c2c[nH]c3ccc(C(F)(F)F)cc23)c1. The number of rotatable bonds is 4. The molecule has 0 bridgehead atoms. The van der Waals surface area contributed by atoms with Gasteiger partial charge in [0, 0.05) is 22.8 Å². The zero-order valence-corrected chi connectivity index (χ0v) is 17.1. The molecular weight excluding hydrogens is 415 g/mol. The molecule has 160 valence electrons. The molecule has 2 aromatic carbocycles. The maximum atomic E-state index is 13.2. The van der Waals surface area contributed by atoms with Crippen molar-refractivity contribution < 1.29 is 21.6 Å². The van der Waals surface area contributed by atoms with Crippen LogP contribution in [0.2, 0.25) is 0 Å². The van der Waals surface area contributed by atoms with E-state index < -0.39 is 21.6 Å². The van der Waals surface area contributed by atoms with E-state index in [0.29, 0.717) is 11.2 Å². The highest BCUT2D eigenvalue weighted by atomic mass is 32.2. The molecule has 0 saturated carbocycles. The number of alkyl halides is 3. The molecule has 1 aliphatic heterocycles. The smallest absolute Gasteiger partial charge is 0.370 e. The van der Waals surface area contributed by atoms with Crippen molar-refractivity contribution in [2.75, 3.05) is 18.9 Å². The van der Waals surface area contributed by atoms with Crippen molar-refractivity contribution in [1.29, 1.82) is 0 Å². The number of H-pyrrole nitrogens is 1. The number of nitrogens with zero attached hydrogens (tertiary/aromatic N) is 1.